The molecule has 1 aromatic carbocycles. The maximum absolute atomic E-state index is 13.8. The Morgan fingerprint density at radius 2 is 1.62 bits per heavy atom. The number of benzene rings is 1. The van der Waals surface area contributed by atoms with Crippen molar-refractivity contribution in [1.29, 1.82) is 0 Å². The third-order valence-electron chi connectivity index (χ3n) is 2.87. The Balaban J connectivity index is 3.50. The van der Waals surface area contributed by atoms with Gasteiger partial charge in [-0.1, -0.05) is 19.9 Å². The molecule has 0 bridgehead atoms. The number of alkyl halides is 2. The van der Waals surface area contributed by atoms with Crippen LogP contribution in [-0.2, 0) is 15.9 Å². The monoisotopic (exact) mass is 319 g/mol. The minimum Gasteiger partial charge on any atom is -0.207 e. The molecule has 3 nitrogen and oxygen atoms in total. The van der Waals surface area contributed by atoms with Gasteiger partial charge in [0.15, 0.2) is 0 Å². The largest absolute Gasteiger partial charge is 0.271 e. The van der Waals surface area contributed by atoms with Crippen LogP contribution in [0.1, 0.15) is 58.6 Å². The number of sulfonamides is 1. The fraction of sp³-hybridized carbons (Fsp3) is 0.600. The molecular formula is C15H23F2NO2S. The van der Waals surface area contributed by atoms with Gasteiger partial charge in [-0.3, -0.25) is 0 Å². The first-order chi connectivity index (χ1) is 9.24. The second-order valence-electron chi connectivity index (χ2n) is 6.65. The lowest BCUT2D eigenvalue weighted by molar-refractivity contribution is 0.0143. The zero-order chi connectivity index (χ0) is 16.6. The van der Waals surface area contributed by atoms with Crippen LogP contribution >= 0.6 is 0 Å². The van der Waals surface area contributed by atoms with Crippen molar-refractivity contribution in [3.8, 4) is 0 Å². The van der Waals surface area contributed by atoms with Crippen LogP contribution in [0.5, 0.6) is 0 Å². The Morgan fingerprint density at radius 3 is 2.00 bits per heavy atom. The standard InChI is InChI=1S/C15H23F2NO2S/c1-10(2)11-7-8-13(12(9-11)15(6,16)17)21(19,20)18-14(3,4)5/h7-10,18H,1-6H3. The predicted octanol–water partition coefficient (Wildman–Crippen LogP) is 4.00. The van der Waals surface area contributed by atoms with E-state index in [2.05, 4.69) is 4.72 Å². The summed E-state index contributed by atoms with van der Waals surface area (Å²) in [4.78, 5) is -0.366. The van der Waals surface area contributed by atoms with E-state index in [9.17, 15) is 17.2 Å². The quantitative estimate of drug-likeness (QED) is 0.912. The van der Waals surface area contributed by atoms with Gasteiger partial charge >= 0.3 is 0 Å². The lowest BCUT2D eigenvalue weighted by Crippen LogP contribution is -2.41. The van der Waals surface area contributed by atoms with Crippen molar-refractivity contribution in [2.75, 3.05) is 0 Å². The van der Waals surface area contributed by atoms with Crippen molar-refractivity contribution < 1.29 is 17.2 Å². The van der Waals surface area contributed by atoms with Crippen LogP contribution in [0, 0.1) is 0 Å². The SMILES string of the molecule is CC(C)c1ccc(S(=O)(=O)NC(C)(C)C)c(C(C)(F)F)c1. The Kier molecular flexibility index (Phi) is 4.85. The minimum absolute atomic E-state index is 0.0402. The summed E-state index contributed by atoms with van der Waals surface area (Å²) in [5.74, 6) is -3.19. The summed E-state index contributed by atoms with van der Waals surface area (Å²) < 4.78 is 54.8. The molecule has 0 atom stereocenters. The highest BCUT2D eigenvalue weighted by molar-refractivity contribution is 7.89. The molecule has 1 aromatic rings. The van der Waals surface area contributed by atoms with Crippen LogP contribution in [0.4, 0.5) is 8.78 Å². The zero-order valence-corrected chi connectivity index (χ0v) is 14.1. The lowest BCUT2D eigenvalue weighted by atomic mass is 9.99. The van der Waals surface area contributed by atoms with Gasteiger partial charge in [0.25, 0.3) is 5.92 Å². The van der Waals surface area contributed by atoms with Gasteiger partial charge in [-0.2, -0.15) is 0 Å². The van der Waals surface area contributed by atoms with Crippen molar-refractivity contribution in [3.05, 3.63) is 29.3 Å². The molecule has 120 valence electrons. The summed E-state index contributed by atoms with van der Waals surface area (Å²) in [7, 11) is -4.00. The third-order valence-corrected chi connectivity index (χ3v) is 4.69. The van der Waals surface area contributed by atoms with Gasteiger partial charge in [0, 0.05) is 18.0 Å². The first kappa shape index (κ1) is 18.0. The predicted molar refractivity (Wildman–Crippen MR) is 80.2 cm³/mol. The summed E-state index contributed by atoms with van der Waals surface area (Å²) in [6, 6.07) is 4.12. The highest BCUT2D eigenvalue weighted by atomic mass is 32.2. The van der Waals surface area contributed by atoms with Crippen molar-refractivity contribution in [2.24, 2.45) is 0 Å². The van der Waals surface area contributed by atoms with E-state index in [-0.39, 0.29) is 10.8 Å². The molecule has 0 saturated heterocycles. The van der Waals surface area contributed by atoms with Gasteiger partial charge < -0.3 is 0 Å². The molecule has 0 unspecified atom stereocenters. The van der Waals surface area contributed by atoms with Gasteiger partial charge in [-0.25, -0.2) is 21.9 Å². The molecule has 0 aliphatic carbocycles. The molecule has 6 heteroatoms. The maximum atomic E-state index is 13.8. The molecule has 1 rings (SSSR count). The van der Waals surface area contributed by atoms with E-state index in [1.165, 1.54) is 12.1 Å². The van der Waals surface area contributed by atoms with E-state index in [1.807, 2.05) is 13.8 Å². The van der Waals surface area contributed by atoms with Crippen LogP contribution in [0.15, 0.2) is 23.1 Å². The molecule has 1 N–H and O–H groups in total. The normalized spacial score (nSPS) is 13.8. The van der Waals surface area contributed by atoms with Gasteiger partial charge in [-0.15, -0.1) is 0 Å². The third kappa shape index (κ3) is 4.74. The summed E-state index contributed by atoms with van der Waals surface area (Å²) >= 11 is 0. The Hall–Kier alpha value is -1.01. The molecule has 0 spiro atoms. The fourth-order valence-corrected chi connectivity index (χ4v) is 3.63. The lowest BCUT2D eigenvalue weighted by Gasteiger charge is -2.23. The molecule has 0 amide bonds. The summed E-state index contributed by atoms with van der Waals surface area (Å²) in [6.45, 7) is 9.44. The van der Waals surface area contributed by atoms with E-state index < -0.39 is 27.0 Å². The first-order valence-electron chi connectivity index (χ1n) is 6.80. The minimum atomic E-state index is -4.00. The van der Waals surface area contributed by atoms with Crippen molar-refractivity contribution in [3.63, 3.8) is 0 Å². The number of hydrogen-bond acceptors (Lipinski definition) is 2. The molecule has 0 fully saturated rings. The van der Waals surface area contributed by atoms with Gasteiger partial charge in [0.2, 0.25) is 10.0 Å². The van der Waals surface area contributed by atoms with Crippen LogP contribution in [-0.4, -0.2) is 14.0 Å². The summed E-state index contributed by atoms with van der Waals surface area (Å²) in [5, 5.41) is 0. The van der Waals surface area contributed by atoms with E-state index in [4.69, 9.17) is 0 Å². The highest BCUT2D eigenvalue weighted by Crippen LogP contribution is 2.34. The molecule has 0 aliphatic rings. The van der Waals surface area contributed by atoms with E-state index in [0.29, 0.717) is 12.5 Å². The van der Waals surface area contributed by atoms with Gasteiger partial charge in [0.05, 0.1) is 4.90 Å². The second kappa shape index (κ2) is 5.65. The summed E-state index contributed by atoms with van der Waals surface area (Å²) in [6.07, 6.45) is 0. The van der Waals surface area contributed by atoms with Crippen LogP contribution in [0.25, 0.3) is 0 Å². The van der Waals surface area contributed by atoms with E-state index in [1.54, 1.807) is 26.8 Å². The van der Waals surface area contributed by atoms with Crippen molar-refractivity contribution >= 4 is 10.0 Å². The first-order valence-corrected chi connectivity index (χ1v) is 8.28. The number of rotatable bonds is 4. The molecule has 0 aliphatic heterocycles. The van der Waals surface area contributed by atoms with Gasteiger partial charge in [-0.05, 0) is 44.4 Å². The van der Waals surface area contributed by atoms with Crippen LogP contribution < -0.4 is 4.72 Å². The van der Waals surface area contributed by atoms with E-state index >= 15 is 0 Å². The molecule has 21 heavy (non-hydrogen) atoms. The molecule has 0 saturated carbocycles. The Labute approximate surface area is 125 Å². The molecule has 0 aromatic heterocycles. The average molecular weight is 319 g/mol. The Morgan fingerprint density at radius 1 is 1.10 bits per heavy atom. The smallest absolute Gasteiger partial charge is 0.207 e. The molecule has 0 radical (unpaired) electrons. The van der Waals surface area contributed by atoms with E-state index in [0.717, 1.165) is 0 Å². The number of hydrogen-bond donors (Lipinski definition) is 1. The van der Waals surface area contributed by atoms with Crippen molar-refractivity contribution in [2.45, 2.75) is 63.8 Å². The average Bonchev–Trinajstić information content (AvgIpc) is 2.23. The van der Waals surface area contributed by atoms with Crippen molar-refractivity contribution in [1.82, 2.24) is 4.72 Å². The molecule has 0 heterocycles. The topological polar surface area (TPSA) is 46.2 Å². The van der Waals surface area contributed by atoms with Crippen LogP contribution in [0.3, 0.4) is 0 Å². The fourth-order valence-electron chi connectivity index (χ4n) is 1.94. The Bertz CT molecular complexity index is 612. The van der Waals surface area contributed by atoms with Crippen LogP contribution in [0.2, 0.25) is 0 Å². The highest BCUT2D eigenvalue weighted by Gasteiger charge is 2.34. The maximum Gasteiger partial charge on any atom is 0.271 e. The summed E-state index contributed by atoms with van der Waals surface area (Å²) in [5.41, 5.74) is -0.526. The second-order valence-corrected chi connectivity index (χ2v) is 8.30. The zero-order valence-electron chi connectivity index (χ0n) is 13.3. The number of nitrogens with one attached hydrogen (secondary N) is 1. The number of halogens is 2. The van der Waals surface area contributed by atoms with Gasteiger partial charge in [0.1, 0.15) is 0 Å². The molecular weight excluding hydrogens is 296 g/mol.